The molecule has 4 amide bonds. The van der Waals surface area contributed by atoms with Gasteiger partial charge in [-0.25, -0.2) is 23.9 Å². The van der Waals surface area contributed by atoms with Gasteiger partial charge in [-0.05, 0) is 54.7 Å². The van der Waals surface area contributed by atoms with Crippen molar-refractivity contribution in [2.24, 2.45) is 5.92 Å². The Morgan fingerprint density at radius 3 is 2.26 bits per heavy atom. The van der Waals surface area contributed by atoms with Crippen LogP contribution in [0.3, 0.4) is 0 Å². The van der Waals surface area contributed by atoms with Crippen molar-refractivity contribution in [1.82, 2.24) is 40.4 Å². The highest BCUT2D eigenvalue weighted by Crippen LogP contribution is 2.37. The molecule has 5 atom stereocenters. The molecular formula is C42H51FN8O7. The Morgan fingerprint density at radius 2 is 1.57 bits per heavy atom. The molecule has 0 aliphatic carbocycles. The van der Waals surface area contributed by atoms with Crippen LogP contribution in [0, 0.1) is 5.92 Å². The summed E-state index contributed by atoms with van der Waals surface area (Å²) in [7, 11) is 2.52. The number of amides is 4. The molecule has 2 aromatic carbocycles. The number of ether oxygens (including phenoxy) is 3. The van der Waals surface area contributed by atoms with Crippen molar-refractivity contribution < 1.29 is 37.8 Å². The number of nitrogens with zero attached hydrogens (tertiary/aromatic N) is 4. The molecule has 2 saturated heterocycles. The van der Waals surface area contributed by atoms with Gasteiger partial charge in [-0.3, -0.25) is 9.59 Å². The number of aromatic amines is 2. The Morgan fingerprint density at radius 1 is 0.879 bits per heavy atom. The first-order chi connectivity index (χ1) is 28.0. The van der Waals surface area contributed by atoms with Crippen LogP contribution in [0.15, 0.2) is 54.7 Å². The number of carbonyl (C=O) groups excluding carboxylic acids is 4. The maximum Gasteiger partial charge on any atom is 0.407 e. The molecular weight excluding hydrogens is 748 g/mol. The van der Waals surface area contributed by atoms with Gasteiger partial charge in [0.15, 0.2) is 0 Å². The smallest absolute Gasteiger partial charge is 0.407 e. The number of carbonyl (C=O) groups is 4. The van der Waals surface area contributed by atoms with Crippen LogP contribution in [0.2, 0.25) is 0 Å². The van der Waals surface area contributed by atoms with E-state index < -0.39 is 36.5 Å². The van der Waals surface area contributed by atoms with E-state index >= 15 is 0 Å². The van der Waals surface area contributed by atoms with Gasteiger partial charge in [0, 0.05) is 25.1 Å². The van der Waals surface area contributed by atoms with Gasteiger partial charge in [0.05, 0.1) is 62.7 Å². The number of fused-ring (bicyclic) bond motifs is 4. The standard InChI is InChI=1S/C42H51FN8O7/c1-24(2)35(49-42(55)57-4)40(53)51-22-29(43)20-34(51)37-44-21-31(45-37)27-14-10-25(11-15-27)26-12-16-28(17-13-26)36-32-23-58-19-6-5-8-30(47-41(54)56-3)39(52)50-18-7-9-33(50)38(46-32)48-36/h10-17,21,24,29-30,33-35H,5-9,18-20,22-23H2,1-4H3,(H,44,45)(H,46,48)(H,47,54)(H,49,55)/t29-,30+,33+,34+,35+/m1/s1. The fourth-order valence-electron chi connectivity index (χ4n) is 8.11. The number of aromatic nitrogens is 4. The van der Waals surface area contributed by atoms with Crippen molar-refractivity contribution in [3.63, 3.8) is 0 Å². The van der Waals surface area contributed by atoms with Crippen LogP contribution in [-0.4, -0.2) is 106 Å². The van der Waals surface area contributed by atoms with Crippen LogP contribution >= 0.6 is 0 Å². The van der Waals surface area contributed by atoms with Crippen molar-refractivity contribution in [2.45, 2.75) is 89.3 Å². The minimum atomic E-state index is -1.22. The molecule has 0 saturated carbocycles. The van der Waals surface area contributed by atoms with Gasteiger partial charge in [0.1, 0.15) is 29.9 Å². The molecule has 15 nitrogen and oxygen atoms in total. The second-order valence-corrected chi connectivity index (χ2v) is 15.4. The summed E-state index contributed by atoms with van der Waals surface area (Å²) in [5.74, 6) is 0.415. The molecule has 308 valence electrons. The minimum Gasteiger partial charge on any atom is -0.453 e. The van der Waals surface area contributed by atoms with Crippen LogP contribution < -0.4 is 10.6 Å². The number of methoxy groups -OCH3 is 2. The van der Waals surface area contributed by atoms with E-state index in [2.05, 4.69) is 25.6 Å². The fourth-order valence-corrected chi connectivity index (χ4v) is 8.11. The van der Waals surface area contributed by atoms with E-state index in [1.54, 1.807) is 6.20 Å². The molecule has 3 aliphatic rings. The third kappa shape index (κ3) is 8.71. The maximum absolute atomic E-state index is 14.8. The number of alkyl halides is 1. The number of alkyl carbamates (subject to hydrolysis) is 2. The maximum atomic E-state index is 14.8. The summed E-state index contributed by atoms with van der Waals surface area (Å²) in [6.45, 7) is 4.96. The van der Waals surface area contributed by atoms with Crippen LogP contribution in [0.5, 0.6) is 0 Å². The molecule has 3 aliphatic heterocycles. The molecule has 0 unspecified atom stereocenters. The zero-order valence-electron chi connectivity index (χ0n) is 33.3. The number of benzene rings is 2. The lowest BCUT2D eigenvalue weighted by Gasteiger charge is -2.29. The molecule has 5 heterocycles. The van der Waals surface area contributed by atoms with Gasteiger partial charge in [-0.15, -0.1) is 0 Å². The molecule has 2 aromatic heterocycles. The molecule has 16 heteroatoms. The van der Waals surface area contributed by atoms with Crippen molar-refractivity contribution in [2.75, 3.05) is 33.9 Å². The Bertz CT molecular complexity index is 2080. The molecule has 4 N–H and O–H groups in total. The lowest BCUT2D eigenvalue weighted by atomic mass is 10.0. The molecule has 4 aromatic rings. The van der Waals surface area contributed by atoms with Gasteiger partial charge in [0.2, 0.25) is 11.8 Å². The van der Waals surface area contributed by atoms with Crippen molar-refractivity contribution in [3.8, 4) is 33.6 Å². The average Bonchev–Trinajstić information content (AvgIpc) is 4.06. The molecule has 0 spiro atoms. The van der Waals surface area contributed by atoms with Crippen LogP contribution in [0.4, 0.5) is 14.0 Å². The number of rotatable bonds is 8. The quantitative estimate of drug-likeness (QED) is 0.161. The molecule has 58 heavy (non-hydrogen) atoms. The van der Waals surface area contributed by atoms with Gasteiger partial charge in [-0.2, -0.15) is 0 Å². The normalized spacial score (nSPS) is 21.7. The number of nitrogens with one attached hydrogen (secondary N) is 4. The van der Waals surface area contributed by atoms with Gasteiger partial charge < -0.3 is 44.6 Å². The van der Waals surface area contributed by atoms with E-state index in [1.165, 1.54) is 19.1 Å². The third-order valence-corrected chi connectivity index (χ3v) is 11.2. The highest BCUT2D eigenvalue weighted by Gasteiger charge is 2.42. The Hall–Kier alpha value is -5.77. The summed E-state index contributed by atoms with van der Waals surface area (Å²) < 4.78 is 30.4. The first kappa shape index (κ1) is 40.4. The van der Waals surface area contributed by atoms with Crippen LogP contribution in [0.1, 0.15) is 81.8 Å². The zero-order chi connectivity index (χ0) is 40.9. The zero-order valence-corrected chi connectivity index (χ0v) is 33.3. The van der Waals surface area contributed by atoms with Gasteiger partial charge >= 0.3 is 12.2 Å². The van der Waals surface area contributed by atoms with Crippen molar-refractivity contribution >= 4 is 24.0 Å². The number of H-pyrrole nitrogens is 2. The van der Waals surface area contributed by atoms with E-state index in [0.717, 1.165) is 58.6 Å². The predicted molar refractivity (Wildman–Crippen MR) is 212 cm³/mol. The highest BCUT2D eigenvalue weighted by molar-refractivity contribution is 5.87. The van der Waals surface area contributed by atoms with E-state index in [0.29, 0.717) is 44.2 Å². The summed E-state index contributed by atoms with van der Waals surface area (Å²) in [6, 6.07) is 13.7. The second-order valence-electron chi connectivity index (χ2n) is 15.4. The number of hydrogen-bond acceptors (Lipinski definition) is 9. The number of hydrogen-bond donors (Lipinski definition) is 4. The summed E-state index contributed by atoms with van der Waals surface area (Å²) in [5.41, 5.74) is 6.13. The first-order valence-corrected chi connectivity index (χ1v) is 19.9. The van der Waals surface area contributed by atoms with Crippen molar-refractivity contribution in [1.29, 1.82) is 0 Å². The highest BCUT2D eigenvalue weighted by atomic mass is 19.1. The van der Waals surface area contributed by atoms with Gasteiger partial charge in [0.25, 0.3) is 0 Å². The molecule has 7 rings (SSSR count). The average molecular weight is 799 g/mol. The number of imidazole rings is 2. The Labute approximate surface area is 336 Å². The number of halogens is 1. The minimum absolute atomic E-state index is 0.0896. The van der Waals surface area contributed by atoms with E-state index in [4.69, 9.17) is 19.2 Å². The SMILES string of the molecule is COC(=O)N[C@H]1CCCCOCc2[nH]c(nc2-c2ccc(-c3ccc(-c4cnc([C@@H]5C[C@@H](F)CN5C(=O)[C@@H](NC(=O)OC)C(C)C)[nH]4)cc3)cc2)[C@@H]2CCCN2C1=O. The first-order valence-electron chi connectivity index (χ1n) is 19.9. The largest absolute Gasteiger partial charge is 0.453 e. The lowest BCUT2D eigenvalue weighted by Crippen LogP contribution is -2.51. The summed E-state index contributed by atoms with van der Waals surface area (Å²) in [6.07, 6.45) is 2.73. The Kier molecular flexibility index (Phi) is 12.4. The predicted octanol–water partition coefficient (Wildman–Crippen LogP) is 6.21. The topological polar surface area (TPSA) is 184 Å². The van der Waals surface area contributed by atoms with Crippen LogP contribution in [-0.2, 0) is 30.4 Å². The molecule has 2 fully saturated rings. The lowest BCUT2D eigenvalue weighted by molar-refractivity contribution is -0.136. The number of likely N-dealkylation sites (tertiary alicyclic amines) is 1. The fraction of sp³-hybridized carbons (Fsp3) is 0.476. The molecule has 0 radical (unpaired) electrons. The third-order valence-electron chi connectivity index (χ3n) is 11.2. The van der Waals surface area contributed by atoms with E-state index in [-0.39, 0.29) is 36.7 Å². The summed E-state index contributed by atoms with van der Waals surface area (Å²) >= 11 is 0. The second kappa shape index (κ2) is 17.8. The van der Waals surface area contributed by atoms with Gasteiger partial charge in [-0.1, -0.05) is 62.4 Å². The molecule has 2 bridgehead atoms. The van der Waals surface area contributed by atoms with E-state index in [9.17, 15) is 23.6 Å². The summed E-state index contributed by atoms with van der Waals surface area (Å²) in [5, 5.41) is 5.32. The summed E-state index contributed by atoms with van der Waals surface area (Å²) in [4.78, 5) is 71.0. The Balaban J connectivity index is 1.06. The monoisotopic (exact) mass is 798 g/mol. The van der Waals surface area contributed by atoms with Crippen molar-refractivity contribution in [3.05, 3.63) is 72.1 Å². The van der Waals surface area contributed by atoms with E-state index in [1.807, 2.05) is 67.3 Å². The van der Waals surface area contributed by atoms with Crippen LogP contribution in [0.25, 0.3) is 33.6 Å².